The highest BCUT2D eigenvalue weighted by Crippen LogP contribution is 2.36. The van der Waals surface area contributed by atoms with E-state index in [4.69, 9.17) is 15.2 Å². The van der Waals surface area contributed by atoms with E-state index in [1.165, 1.54) is 19.4 Å². The number of nitrogens with zero attached hydrogens (tertiary/aromatic N) is 3. The standard InChI is InChI=1S/C21H31N5O2/c1-14-7-5-10-26(14)11-6-12-28-18-13-16(8-9-17(18)27-4)19-15(2)24-21(22)25-20(19)23-3/h8-9,13-14H,5-7,10-12H2,1-4H3,(H3,22,23,24,25). The van der Waals surface area contributed by atoms with E-state index in [1.807, 2.05) is 32.2 Å². The second-order valence-electron chi connectivity index (χ2n) is 7.24. The van der Waals surface area contributed by atoms with Crippen LogP contribution < -0.4 is 20.5 Å². The molecular formula is C21H31N5O2. The van der Waals surface area contributed by atoms with Crippen LogP contribution in [0.1, 0.15) is 31.9 Å². The Morgan fingerprint density at radius 2 is 2.11 bits per heavy atom. The van der Waals surface area contributed by atoms with Gasteiger partial charge in [0.2, 0.25) is 5.95 Å². The van der Waals surface area contributed by atoms with Crippen LogP contribution >= 0.6 is 0 Å². The van der Waals surface area contributed by atoms with Gasteiger partial charge in [0.15, 0.2) is 11.5 Å². The lowest BCUT2D eigenvalue weighted by Gasteiger charge is -2.21. The molecule has 3 N–H and O–H groups in total. The molecule has 2 heterocycles. The van der Waals surface area contributed by atoms with Crippen LogP contribution in [0, 0.1) is 6.92 Å². The van der Waals surface area contributed by atoms with Crippen LogP contribution in [0.15, 0.2) is 18.2 Å². The van der Waals surface area contributed by atoms with Crippen molar-refractivity contribution in [2.24, 2.45) is 0 Å². The van der Waals surface area contributed by atoms with Crippen LogP contribution in [-0.4, -0.2) is 54.8 Å². The van der Waals surface area contributed by atoms with E-state index in [-0.39, 0.29) is 5.95 Å². The number of aryl methyl sites for hydroxylation is 1. The van der Waals surface area contributed by atoms with Gasteiger partial charge in [0.1, 0.15) is 5.82 Å². The maximum Gasteiger partial charge on any atom is 0.222 e. The number of hydrogen-bond acceptors (Lipinski definition) is 7. The summed E-state index contributed by atoms with van der Waals surface area (Å²) >= 11 is 0. The first-order chi connectivity index (χ1) is 13.5. The van der Waals surface area contributed by atoms with E-state index in [0.717, 1.165) is 41.3 Å². The van der Waals surface area contributed by atoms with Crippen LogP contribution in [0.5, 0.6) is 11.5 Å². The van der Waals surface area contributed by atoms with Gasteiger partial charge < -0.3 is 25.4 Å². The zero-order chi connectivity index (χ0) is 20.1. The van der Waals surface area contributed by atoms with E-state index in [9.17, 15) is 0 Å². The Bertz CT molecular complexity index is 812. The average molecular weight is 386 g/mol. The Morgan fingerprint density at radius 3 is 2.79 bits per heavy atom. The molecule has 152 valence electrons. The van der Waals surface area contributed by atoms with Crippen LogP contribution in [0.3, 0.4) is 0 Å². The highest BCUT2D eigenvalue weighted by atomic mass is 16.5. The summed E-state index contributed by atoms with van der Waals surface area (Å²) in [6.07, 6.45) is 3.59. The fourth-order valence-corrected chi connectivity index (χ4v) is 3.84. The minimum Gasteiger partial charge on any atom is -0.493 e. The number of nitrogens with one attached hydrogen (secondary N) is 1. The monoisotopic (exact) mass is 385 g/mol. The number of aromatic nitrogens is 2. The highest BCUT2D eigenvalue weighted by molar-refractivity contribution is 5.79. The summed E-state index contributed by atoms with van der Waals surface area (Å²) in [7, 11) is 3.48. The molecule has 0 aliphatic carbocycles. The third-order valence-electron chi connectivity index (χ3n) is 5.33. The molecule has 0 saturated carbocycles. The number of methoxy groups -OCH3 is 1. The van der Waals surface area contributed by atoms with Crippen molar-refractivity contribution in [3.05, 3.63) is 23.9 Å². The van der Waals surface area contributed by atoms with Crippen molar-refractivity contribution in [1.29, 1.82) is 0 Å². The van der Waals surface area contributed by atoms with Crippen LogP contribution in [0.4, 0.5) is 11.8 Å². The Hall–Kier alpha value is -2.54. The SMILES string of the molecule is CNc1nc(N)nc(C)c1-c1ccc(OC)c(OCCCN2CCCC2C)c1. The van der Waals surface area contributed by atoms with E-state index in [2.05, 4.69) is 27.1 Å². The fourth-order valence-electron chi connectivity index (χ4n) is 3.84. The van der Waals surface area contributed by atoms with Crippen molar-refractivity contribution in [3.8, 4) is 22.6 Å². The second-order valence-corrected chi connectivity index (χ2v) is 7.24. The number of hydrogen-bond donors (Lipinski definition) is 2. The van der Waals surface area contributed by atoms with Crippen molar-refractivity contribution in [2.75, 3.05) is 44.9 Å². The average Bonchev–Trinajstić information content (AvgIpc) is 3.09. The van der Waals surface area contributed by atoms with E-state index >= 15 is 0 Å². The number of benzene rings is 1. The highest BCUT2D eigenvalue weighted by Gasteiger charge is 2.19. The van der Waals surface area contributed by atoms with E-state index in [1.54, 1.807) is 7.11 Å². The predicted molar refractivity (Wildman–Crippen MR) is 113 cm³/mol. The molecule has 0 amide bonds. The van der Waals surface area contributed by atoms with Gasteiger partial charge in [-0.1, -0.05) is 6.07 Å². The van der Waals surface area contributed by atoms with Gasteiger partial charge in [-0.25, -0.2) is 4.98 Å². The Kier molecular flexibility index (Phi) is 6.57. The third-order valence-corrected chi connectivity index (χ3v) is 5.33. The lowest BCUT2D eigenvalue weighted by Crippen LogP contribution is -2.28. The summed E-state index contributed by atoms with van der Waals surface area (Å²) in [4.78, 5) is 11.1. The van der Waals surface area contributed by atoms with Gasteiger partial charge in [-0.3, -0.25) is 0 Å². The van der Waals surface area contributed by atoms with Gasteiger partial charge in [0, 0.05) is 25.2 Å². The summed E-state index contributed by atoms with van der Waals surface area (Å²) in [5.41, 5.74) is 8.48. The maximum absolute atomic E-state index is 6.08. The van der Waals surface area contributed by atoms with Crippen molar-refractivity contribution in [1.82, 2.24) is 14.9 Å². The predicted octanol–water partition coefficient (Wildman–Crippen LogP) is 3.34. The molecule has 7 nitrogen and oxygen atoms in total. The Balaban J connectivity index is 1.75. The van der Waals surface area contributed by atoms with E-state index in [0.29, 0.717) is 18.5 Å². The minimum atomic E-state index is 0.256. The summed E-state index contributed by atoms with van der Waals surface area (Å²) in [6, 6.07) is 6.58. The molecule has 1 atom stereocenters. The summed E-state index contributed by atoms with van der Waals surface area (Å²) < 4.78 is 11.6. The zero-order valence-corrected chi connectivity index (χ0v) is 17.3. The number of nitrogens with two attached hydrogens (primary N) is 1. The lowest BCUT2D eigenvalue weighted by molar-refractivity contribution is 0.226. The quantitative estimate of drug-likeness (QED) is 0.674. The van der Waals surface area contributed by atoms with Crippen molar-refractivity contribution < 1.29 is 9.47 Å². The van der Waals surface area contributed by atoms with Gasteiger partial charge >= 0.3 is 0 Å². The van der Waals surface area contributed by atoms with Crippen molar-refractivity contribution in [3.63, 3.8) is 0 Å². The molecule has 1 aliphatic rings. The molecule has 7 heteroatoms. The Morgan fingerprint density at radius 1 is 1.29 bits per heavy atom. The molecule has 0 bridgehead atoms. The number of likely N-dealkylation sites (tertiary alicyclic amines) is 1. The zero-order valence-electron chi connectivity index (χ0n) is 17.3. The molecule has 1 aliphatic heterocycles. The molecule has 1 saturated heterocycles. The molecule has 0 spiro atoms. The largest absolute Gasteiger partial charge is 0.493 e. The fraction of sp³-hybridized carbons (Fsp3) is 0.524. The van der Waals surface area contributed by atoms with Gasteiger partial charge in [0.25, 0.3) is 0 Å². The normalized spacial score (nSPS) is 16.9. The summed E-state index contributed by atoms with van der Waals surface area (Å²) in [5, 5.41) is 3.10. The summed E-state index contributed by atoms with van der Waals surface area (Å²) in [6.45, 7) is 7.15. The number of anilines is 2. The van der Waals surface area contributed by atoms with Crippen molar-refractivity contribution >= 4 is 11.8 Å². The molecule has 1 aromatic heterocycles. The first-order valence-corrected chi connectivity index (χ1v) is 9.90. The molecular weight excluding hydrogens is 354 g/mol. The smallest absolute Gasteiger partial charge is 0.222 e. The number of rotatable bonds is 8. The molecule has 3 rings (SSSR count). The van der Waals surface area contributed by atoms with E-state index < -0.39 is 0 Å². The van der Waals surface area contributed by atoms with Gasteiger partial charge in [-0.05, 0) is 57.4 Å². The first kappa shape index (κ1) is 20.2. The number of nitrogen functional groups attached to an aromatic ring is 1. The Labute approximate surface area is 167 Å². The second kappa shape index (κ2) is 9.10. The number of ether oxygens (including phenoxy) is 2. The molecule has 1 unspecified atom stereocenters. The first-order valence-electron chi connectivity index (χ1n) is 9.90. The third kappa shape index (κ3) is 4.47. The van der Waals surface area contributed by atoms with Gasteiger partial charge in [0.05, 0.1) is 19.4 Å². The van der Waals surface area contributed by atoms with Crippen LogP contribution in [-0.2, 0) is 0 Å². The maximum atomic E-state index is 6.08. The minimum absolute atomic E-state index is 0.256. The molecule has 1 fully saturated rings. The van der Waals surface area contributed by atoms with Gasteiger partial charge in [-0.15, -0.1) is 0 Å². The lowest BCUT2D eigenvalue weighted by atomic mass is 10.0. The van der Waals surface area contributed by atoms with Crippen LogP contribution in [0.25, 0.3) is 11.1 Å². The molecule has 2 aromatic rings. The van der Waals surface area contributed by atoms with Gasteiger partial charge in [-0.2, -0.15) is 4.98 Å². The molecule has 0 radical (unpaired) electrons. The summed E-state index contributed by atoms with van der Waals surface area (Å²) in [5.74, 6) is 2.40. The van der Waals surface area contributed by atoms with Crippen molar-refractivity contribution in [2.45, 2.75) is 39.2 Å². The molecule has 28 heavy (non-hydrogen) atoms. The molecule has 1 aromatic carbocycles. The van der Waals surface area contributed by atoms with Crippen LogP contribution in [0.2, 0.25) is 0 Å². The topological polar surface area (TPSA) is 85.5 Å².